The van der Waals surface area contributed by atoms with Crippen LogP contribution in [0.25, 0.3) is 0 Å². The largest absolute Gasteiger partial charge is 0.348 e. The molecule has 2 aromatic rings. The van der Waals surface area contributed by atoms with E-state index in [-0.39, 0.29) is 6.04 Å². The standard InChI is InChI=1S/C12H12N2/c13-12(10-4-2-1-3-5-10)11-6-8-14-9-7-11/h1-9,12H,13H2/p+1/t12-/m0/s1. The van der Waals surface area contributed by atoms with E-state index in [1.54, 1.807) is 12.4 Å². The lowest BCUT2D eigenvalue weighted by Gasteiger charge is -2.07. The minimum absolute atomic E-state index is 0.194. The molecule has 0 aliphatic carbocycles. The van der Waals surface area contributed by atoms with Crippen molar-refractivity contribution in [3.05, 3.63) is 66.0 Å². The number of quaternary nitrogens is 1. The highest BCUT2D eigenvalue weighted by Gasteiger charge is 2.10. The molecule has 0 unspecified atom stereocenters. The zero-order valence-electron chi connectivity index (χ0n) is 7.93. The summed E-state index contributed by atoms with van der Waals surface area (Å²) in [6.07, 6.45) is 3.60. The lowest BCUT2D eigenvalue weighted by Crippen LogP contribution is -2.53. The second-order valence-electron chi connectivity index (χ2n) is 3.24. The lowest BCUT2D eigenvalue weighted by molar-refractivity contribution is -0.411. The summed E-state index contributed by atoms with van der Waals surface area (Å²) in [5, 5.41) is 0. The predicted octanol–water partition coefficient (Wildman–Crippen LogP) is 1.41. The molecule has 1 aromatic carbocycles. The first-order valence-corrected chi connectivity index (χ1v) is 4.66. The summed E-state index contributed by atoms with van der Waals surface area (Å²) in [7, 11) is 0. The summed E-state index contributed by atoms with van der Waals surface area (Å²) in [6.45, 7) is 0. The second-order valence-corrected chi connectivity index (χ2v) is 3.24. The van der Waals surface area contributed by atoms with Gasteiger partial charge < -0.3 is 5.73 Å². The fourth-order valence-corrected chi connectivity index (χ4v) is 1.47. The van der Waals surface area contributed by atoms with Crippen molar-refractivity contribution in [2.24, 2.45) is 0 Å². The van der Waals surface area contributed by atoms with E-state index < -0.39 is 0 Å². The third-order valence-corrected chi connectivity index (χ3v) is 2.31. The fourth-order valence-electron chi connectivity index (χ4n) is 1.47. The van der Waals surface area contributed by atoms with Gasteiger partial charge in [0.2, 0.25) is 0 Å². The molecule has 0 radical (unpaired) electrons. The normalized spacial score (nSPS) is 12.4. The average molecular weight is 185 g/mol. The Labute approximate surface area is 83.4 Å². The molecule has 0 aliphatic heterocycles. The highest BCUT2D eigenvalue weighted by Crippen LogP contribution is 2.15. The first-order valence-electron chi connectivity index (χ1n) is 4.66. The zero-order chi connectivity index (χ0) is 9.80. The van der Waals surface area contributed by atoms with E-state index in [0.717, 1.165) is 0 Å². The Morgan fingerprint density at radius 3 is 2.07 bits per heavy atom. The molecular weight excluding hydrogens is 172 g/mol. The molecule has 0 saturated carbocycles. The van der Waals surface area contributed by atoms with Gasteiger partial charge in [-0.15, -0.1) is 0 Å². The summed E-state index contributed by atoms with van der Waals surface area (Å²) in [4.78, 5) is 3.99. The first-order chi connectivity index (χ1) is 6.88. The maximum atomic E-state index is 4.15. The van der Waals surface area contributed by atoms with E-state index in [0.29, 0.717) is 0 Å². The molecule has 14 heavy (non-hydrogen) atoms. The predicted molar refractivity (Wildman–Crippen MR) is 55.4 cm³/mol. The van der Waals surface area contributed by atoms with Gasteiger partial charge in [0.05, 0.1) is 0 Å². The fraction of sp³-hybridized carbons (Fsp3) is 0.0833. The number of hydrogen-bond acceptors (Lipinski definition) is 1. The molecule has 70 valence electrons. The molecular formula is C12H13N2+. The molecule has 1 aromatic heterocycles. The Balaban J connectivity index is 2.30. The lowest BCUT2D eigenvalue weighted by atomic mass is 10.0. The zero-order valence-corrected chi connectivity index (χ0v) is 7.93. The van der Waals surface area contributed by atoms with Gasteiger partial charge in [0.1, 0.15) is 6.04 Å². The van der Waals surface area contributed by atoms with Crippen molar-refractivity contribution in [1.29, 1.82) is 0 Å². The van der Waals surface area contributed by atoms with Gasteiger partial charge in [-0.2, -0.15) is 0 Å². The minimum Gasteiger partial charge on any atom is -0.348 e. The third kappa shape index (κ3) is 1.80. The van der Waals surface area contributed by atoms with Crippen LogP contribution >= 0.6 is 0 Å². The summed E-state index contributed by atoms with van der Waals surface area (Å²) in [5.74, 6) is 0. The van der Waals surface area contributed by atoms with E-state index in [2.05, 4.69) is 22.9 Å². The Kier molecular flexibility index (Phi) is 2.56. The topological polar surface area (TPSA) is 40.5 Å². The molecule has 1 heterocycles. The number of hydrogen-bond donors (Lipinski definition) is 1. The van der Waals surface area contributed by atoms with Crippen LogP contribution in [0.5, 0.6) is 0 Å². The van der Waals surface area contributed by atoms with Crippen LogP contribution in [0.15, 0.2) is 54.9 Å². The SMILES string of the molecule is [NH3+][C@@H](c1ccccc1)c1ccncc1. The maximum Gasteiger partial charge on any atom is 0.136 e. The van der Waals surface area contributed by atoms with E-state index in [9.17, 15) is 0 Å². The van der Waals surface area contributed by atoms with Crippen LogP contribution in [0.1, 0.15) is 17.2 Å². The third-order valence-electron chi connectivity index (χ3n) is 2.31. The summed E-state index contributed by atoms with van der Waals surface area (Å²) >= 11 is 0. The van der Waals surface area contributed by atoms with E-state index in [4.69, 9.17) is 0 Å². The number of nitrogens with zero attached hydrogens (tertiary/aromatic N) is 1. The Morgan fingerprint density at radius 1 is 0.857 bits per heavy atom. The van der Waals surface area contributed by atoms with Crippen LogP contribution in [-0.2, 0) is 0 Å². The average Bonchev–Trinajstić information content (AvgIpc) is 2.30. The van der Waals surface area contributed by atoms with E-state index in [1.807, 2.05) is 30.3 Å². The van der Waals surface area contributed by atoms with Crippen LogP contribution in [0.2, 0.25) is 0 Å². The molecule has 0 spiro atoms. The molecule has 2 heteroatoms. The van der Waals surface area contributed by atoms with Gasteiger partial charge in [0.25, 0.3) is 0 Å². The van der Waals surface area contributed by atoms with E-state index in [1.165, 1.54) is 11.1 Å². The molecule has 0 aliphatic rings. The van der Waals surface area contributed by atoms with Crippen molar-refractivity contribution in [3.63, 3.8) is 0 Å². The molecule has 0 amide bonds. The summed E-state index contributed by atoms with van der Waals surface area (Å²) in [6, 6.07) is 14.5. The van der Waals surface area contributed by atoms with Gasteiger partial charge in [-0.05, 0) is 12.1 Å². The molecule has 0 bridgehead atoms. The van der Waals surface area contributed by atoms with Crippen molar-refractivity contribution in [2.45, 2.75) is 6.04 Å². The van der Waals surface area contributed by atoms with Gasteiger partial charge in [-0.1, -0.05) is 30.3 Å². The Hall–Kier alpha value is -1.67. The van der Waals surface area contributed by atoms with Crippen molar-refractivity contribution in [2.75, 3.05) is 0 Å². The van der Waals surface area contributed by atoms with Crippen molar-refractivity contribution < 1.29 is 5.73 Å². The van der Waals surface area contributed by atoms with Crippen LogP contribution < -0.4 is 5.73 Å². The van der Waals surface area contributed by atoms with Gasteiger partial charge >= 0.3 is 0 Å². The number of rotatable bonds is 2. The molecule has 1 atom stereocenters. The highest BCUT2D eigenvalue weighted by atomic mass is 14.7. The highest BCUT2D eigenvalue weighted by molar-refractivity contribution is 5.27. The van der Waals surface area contributed by atoms with Gasteiger partial charge in [-0.25, -0.2) is 0 Å². The van der Waals surface area contributed by atoms with Gasteiger partial charge in [0.15, 0.2) is 0 Å². The van der Waals surface area contributed by atoms with Gasteiger partial charge in [0, 0.05) is 23.5 Å². The smallest absolute Gasteiger partial charge is 0.136 e. The molecule has 0 fully saturated rings. The van der Waals surface area contributed by atoms with Crippen LogP contribution in [0, 0.1) is 0 Å². The maximum absolute atomic E-state index is 4.15. The van der Waals surface area contributed by atoms with Crippen LogP contribution in [0.4, 0.5) is 0 Å². The molecule has 3 N–H and O–H groups in total. The quantitative estimate of drug-likeness (QED) is 0.755. The molecule has 2 rings (SSSR count). The van der Waals surface area contributed by atoms with Crippen molar-refractivity contribution >= 4 is 0 Å². The monoisotopic (exact) mass is 185 g/mol. The van der Waals surface area contributed by atoms with Gasteiger partial charge in [-0.3, -0.25) is 4.98 Å². The summed E-state index contributed by atoms with van der Waals surface area (Å²) < 4.78 is 0. The Morgan fingerprint density at radius 2 is 1.43 bits per heavy atom. The van der Waals surface area contributed by atoms with Crippen molar-refractivity contribution in [3.8, 4) is 0 Å². The molecule has 2 nitrogen and oxygen atoms in total. The van der Waals surface area contributed by atoms with Crippen LogP contribution in [0.3, 0.4) is 0 Å². The first kappa shape index (κ1) is 8.91. The number of aromatic nitrogens is 1. The molecule has 0 saturated heterocycles. The number of pyridine rings is 1. The van der Waals surface area contributed by atoms with Crippen molar-refractivity contribution in [1.82, 2.24) is 4.98 Å². The van der Waals surface area contributed by atoms with Crippen LogP contribution in [-0.4, -0.2) is 4.98 Å². The Bertz CT molecular complexity index is 344. The summed E-state index contributed by atoms with van der Waals surface area (Å²) in [5.41, 5.74) is 6.59. The minimum atomic E-state index is 0.194. The number of benzene rings is 1. The van der Waals surface area contributed by atoms with E-state index >= 15 is 0 Å². The second kappa shape index (κ2) is 4.03.